The van der Waals surface area contributed by atoms with Crippen LogP contribution in [0.1, 0.15) is 200 Å². The van der Waals surface area contributed by atoms with Crippen LogP contribution in [0.4, 0.5) is 0 Å². The van der Waals surface area contributed by atoms with Gasteiger partial charge in [-0.3, -0.25) is 9.35 Å². The Morgan fingerprint density at radius 3 is 1.34 bits per heavy atom. The van der Waals surface area contributed by atoms with Gasteiger partial charge in [0, 0.05) is 6.42 Å². The van der Waals surface area contributed by atoms with E-state index in [1.807, 2.05) is 6.08 Å². The largest absolute Gasteiger partial charge is 0.387 e. The molecule has 0 aliphatic rings. The highest BCUT2D eigenvalue weighted by Crippen LogP contribution is 2.14. The molecule has 0 fully saturated rings. The molecule has 0 spiro atoms. The van der Waals surface area contributed by atoms with E-state index in [9.17, 15) is 22.9 Å². The van der Waals surface area contributed by atoms with E-state index in [-0.39, 0.29) is 12.3 Å². The second-order valence-corrected chi connectivity index (χ2v) is 16.8. The smallest absolute Gasteiger partial charge is 0.267 e. The number of rotatable bonds is 40. The molecule has 1 amide bonds. The van der Waals surface area contributed by atoms with Crippen LogP contribution in [-0.2, 0) is 14.9 Å². The van der Waals surface area contributed by atoms with Crippen molar-refractivity contribution in [2.24, 2.45) is 0 Å². The van der Waals surface area contributed by atoms with E-state index in [4.69, 9.17) is 0 Å². The summed E-state index contributed by atoms with van der Waals surface area (Å²) in [5.41, 5.74) is 0. The minimum atomic E-state index is -4.37. The van der Waals surface area contributed by atoms with E-state index in [1.165, 1.54) is 102 Å². The maximum atomic E-state index is 12.6. The molecule has 0 aromatic carbocycles. The van der Waals surface area contributed by atoms with Crippen molar-refractivity contribution < 1.29 is 22.9 Å². The first-order valence-corrected chi connectivity index (χ1v) is 24.4. The van der Waals surface area contributed by atoms with Crippen LogP contribution in [0.2, 0.25) is 0 Å². The van der Waals surface area contributed by atoms with Crippen LogP contribution in [0.15, 0.2) is 85.1 Å². The first kappa shape index (κ1) is 53.5. The molecular weight excluding hydrogens is 715 g/mol. The van der Waals surface area contributed by atoms with Crippen molar-refractivity contribution in [2.75, 3.05) is 5.75 Å². The molecule has 0 saturated heterocycles. The van der Waals surface area contributed by atoms with Gasteiger partial charge in [0.2, 0.25) is 5.91 Å². The molecule has 0 rings (SSSR count). The number of carbonyl (C=O) groups excluding carboxylic acids is 1. The van der Waals surface area contributed by atoms with Gasteiger partial charge >= 0.3 is 0 Å². The van der Waals surface area contributed by atoms with Crippen LogP contribution in [-0.4, -0.2) is 41.9 Å². The first-order valence-electron chi connectivity index (χ1n) is 22.8. The van der Waals surface area contributed by atoms with E-state index in [2.05, 4.69) is 92.1 Å². The van der Waals surface area contributed by atoms with E-state index in [0.717, 1.165) is 70.6 Å². The SMILES string of the molecule is CC/C=C\C/C=C\C/C=C\C/C=C\C/C=C\CCCCCCCCCC(=O)NC(CS(=O)(=O)O)C(O)/C=C/CC/C=C/CCCCCCCCCCCCCC. The fourth-order valence-electron chi connectivity index (χ4n) is 6.43. The lowest BCUT2D eigenvalue weighted by molar-refractivity contribution is -0.122. The van der Waals surface area contributed by atoms with Gasteiger partial charge in [-0.15, -0.1) is 0 Å². The lowest BCUT2D eigenvalue weighted by Crippen LogP contribution is -2.46. The molecule has 0 saturated carbocycles. The van der Waals surface area contributed by atoms with Crippen molar-refractivity contribution in [3.63, 3.8) is 0 Å². The molecule has 0 aliphatic heterocycles. The predicted octanol–water partition coefficient (Wildman–Crippen LogP) is 14.0. The van der Waals surface area contributed by atoms with Crippen LogP contribution in [0.3, 0.4) is 0 Å². The molecule has 0 heterocycles. The lowest BCUT2D eigenvalue weighted by Gasteiger charge is -2.21. The van der Waals surface area contributed by atoms with E-state index >= 15 is 0 Å². The number of unbranched alkanes of at least 4 members (excludes halogenated alkanes) is 20. The Kier molecular flexibility index (Phi) is 40.3. The fourth-order valence-corrected chi connectivity index (χ4v) is 7.17. The molecule has 0 aliphatic carbocycles. The molecule has 0 radical (unpaired) electrons. The molecular formula is C49H85NO5S. The van der Waals surface area contributed by atoms with Crippen molar-refractivity contribution in [1.29, 1.82) is 0 Å². The van der Waals surface area contributed by atoms with Gasteiger partial charge in [0.25, 0.3) is 10.1 Å². The Morgan fingerprint density at radius 2 is 0.875 bits per heavy atom. The molecule has 56 heavy (non-hydrogen) atoms. The Morgan fingerprint density at radius 1 is 0.500 bits per heavy atom. The fraction of sp³-hybridized carbons (Fsp3) is 0.694. The van der Waals surface area contributed by atoms with Gasteiger partial charge in [-0.05, 0) is 77.0 Å². The molecule has 0 aromatic rings. The van der Waals surface area contributed by atoms with Gasteiger partial charge in [-0.25, -0.2) is 0 Å². The second-order valence-electron chi connectivity index (χ2n) is 15.3. The minimum absolute atomic E-state index is 0.270. The molecule has 6 nitrogen and oxygen atoms in total. The number of allylic oxidation sites excluding steroid dienone is 13. The van der Waals surface area contributed by atoms with Crippen molar-refractivity contribution in [3.05, 3.63) is 85.1 Å². The van der Waals surface area contributed by atoms with Gasteiger partial charge in [0.15, 0.2) is 0 Å². The highest BCUT2D eigenvalue weighted by atomic mass is 32.2. The summed E-state index contributed by atoms with van der Waals surface area (Å²) in [6, 6.07) is -1.09. The summed E-state index contributed by atoms with van der Waals surface area (Å²) in [5, 5.41) is 13.2. The molecule has 0 aromatic heterocycles. The number of carbonyl (C=O) groups is 1. The van der Waals surface area contributed by atoms with Gasteiger partial charge < -0.3 is 10.4 Å². The van der Waals surface area contributed by atoms with Gasteiger partial charge in [0.05, 0.1) is 17.9 Å². The van der Waals surface area contributed by atoms with Gasteiger partial charge in [-0.2, -0.15) is 8.42 Å². The molecule has 2 unspecified atom stereocenters. The zero-order valence-electron chi connectivity index (χ0n) is 36.0. The van der Waals surface area contributed by atoms with Crippen LogP contribution in [0, 0.1) is 0 Å². The maximum Gasteiger partial charge on any atom is 0.267 e. The number of hydrogen-bond acceptors (Lipinski definition) is 4. The van der Waals surface area contributed by atoms with Gasteiger partial charge in [-0.1, -0.05) is 202 Å². The summed E-state index contributed by atoms with van der Waals surface area (Å²) in [6.45, 7) is 4.42. The number of aliphatic hydroxyl groups is 1. The number of hydrogen-bond donors (Lipinski definition) is 3. The Labute approximate surface area is 346 Å². The molecule has 322 valence electrons. The minimum Gasteiger partial charge on any atom is -0.387 e. The number of nitrogens with one attached hydrogen (secondary N) is 1. The van der Waals surface area contributed by atoms with Crippen molar-refractivity contribution in [3.8, 4) is 0 Å². The number of aliphatic hydroxyl groups excluding tert-OH is 1. The maximum absolute atomic E-state index is 12.6. The highest BCUT2D eigenvalue weighted by molar-refractivity contribution is 7.85. The van der Waals surface area contributed by atoms with Crippen molar-refractivity contribution in [2.45, 2.75) is 212 Å². The van der Waals surface area contributed by atoms with Crippen LogP contribution < -0.4 is 5.32 Å². The third-order valence-electron chi connectivity index (χ3n) is 9.81. The molecule has 3 N–H and O–H groups in total. The predicted molar refractivity (Wildman–Crippen MR) is 244 cm³/mol. The Balaban J connectivity index is 3.96. The average Bonchev–Trinajstić information content (AvgIpc) is 3.16. The zero-order valence-corrected chi connectivity index (χ0v) is 36.8. The summed E-state index contributed by atoms with van der Waals surface area (Å²) in [5.74, 6) is -1.02. The Hall–Kier alpha value is -2.48. The average molecular weight is 800 g/mol. The number of amides is 1. The standard InChI is InChI=1S/C49H85NO5S/c1-3-5-7-9-11-13-15-17-19-21-23-24-25-26-27-29-31-33-35-37-39-41-43-45-49(52)50-47(46-56(53,54)55)48(51)44-42-40-38-36-34-32-30-28-22-20-18-16-14-12-10-8-6-4-2/h5,7,11,13,17,19,23-24,26-27,34,36,42,44,47-48,51H,3-4,6,8-10,12,14-16,18,20-22,25,28-33,35,37-41,43,45-46H2,1-2H3,(H,50,52)(H,53,54,55)/b7-5-,13-11-,19-17-,24-23-,27-26-,36-34+,44-42+. The Bertz CT molecular complexity index is 1200. The summed E-state index contributed by atoms with van der Waals surface area (Å²) in [4.78, 5) is 12.6. The second kappa shape index (κ2) is 42.1. The molecule has 2 atom stereocenters. The lowest BCUT2D eigenvalue weighted by atomic mass is 10.0. The molecule has 0 bridgehead atoms. The van der Waals surface area contributed by atoms with Crippen molar-refractivity contribution in [1.82, 2.24) is 5.32 Å². The van der Waals surface area contributed by atoms with Crippen LogP contribution in [0.5, 0.6) is 0 Å². The quantitative estimate of drug-likeness (QED) is 0.0325. The van der Waals surface area contributed by atoms with Crippen LogP contribution in [0.25, 0.3) is 0 Å². The first-order chi connectivity index (χ1) is 27.3. The third kappa shape index (κ3) is 42.7. The zero-order chi connectivity index (χ0) is 41.1. The van der Waals surface area contributed by atoms with E-state index in [0.29, 0.717) is 12.8 Å². The summed E-state index contributed by atoms with van der Waals surface area (Å²) in [6.07, 6.45) is 61.4. The third-order valence-corrected chi connectivity index (χ3v) is 10.6. The normalized spacial score (nSPS) is 14.0. The summed E-state index contributed by atoms with van der Waals surface area (Å²) in [7, 11) is -4.37. The van der Waals surface area contributed by atoms with Crippen LogP contribution >= 0.6 is 0 Å². The monoisotopic (exact) mass is 800 g/mol. The summed E-state index contributed by atoms with van der Waals surface area (Å²) >= 11 is 0. The summed E-state index contributed by atoms with van der Waals surface area (Å²) < 4.78 is 32.6. The van der Waals surface area contributed by atoms with Gasteiger partial charge in [0.1, 0.15) is 0 Å². The topological polar surface area (TPSA) is 104 Å². The highest BCUT2D eigenvalue weighted by Gasteiger charge is 2.24. The molecule has 7 heteroatoms. The van der Waals surface area contributed by atoms with E-state index < -0.39 is 28.0 Å². The van der Waals surface area contributed by atoms with Crippen molar-refractivity contribution >= 4 is 16.0 Å². The van der Waals surface area contributed by atoms with E-state index in [1.54, 1.807) is 0 Å².